The first-order chi connectivity index (χ1) is 13.3. The highest BCUT2D eigenvalue weighted by atomic mass is 16.3. The molecule has 1 aliphatic heterocycles. The third kappa shape index (κ3) is 4.44. The molecule has 1 aliphatic carbocycles. The zero-order valence-corrected chi connectivity index (χ0v) is 16.4. The Bertz CT molecular complexity index is 707. The summed E-state index contributed by atoms with van der Waals surface area (Å²) in [6.45, 7) is 3.30. The summed E-state index contributed by atoms with van der Waals surface area (Å²) in [5.74, 6) is 0.660. The van der Waals surface area contributed by atoms with Crippen LogP contribution in [0.2, 0.25) is 0 Å². The monoisotopic (exact) mass is 367 g/mol. The molecule has 1 saturated heterocycles. The molecule has 4 nitrogen and oxygen atoms in total. The molecule has 1 unspecified atom stereocenters. The fourth-order valence-electron chi connectivity index (χ4n) is 5.24. The minimum Gasteiger partial charge on any atom is -0.396 e. The van der Waals surface area contributed by atoms with Gasteiger partial charge in [0, 0.05) is 35.7 Å². The maximum Gasteiger partial charge on any atom is 0.0535 e. The smallest absolute Gasteiger partial charge is 0.0535 e. The predicted molar refractivity (Wildman–Crippen MR) is 109 cm³/mol. The summed E-state index contributed by atoms with van der Waals surface area (Å²) < 4.78 is 0. The van der Waals surface area contributed by atoms with Crippen LogP contribution in [0.4, 0.5) is 0 Å². The van der Waals surface area contributed by atoms with E-state index in [1.165, 1.54) is 48.9 Å². The van der Waals surface area contributed by atoms with Crippen LogP contribution in [0.1, 0.15) is 67.7 Å². The van der Waals surface area contributed by atoms with Crippen LogP contribution in [0, 0.1) is 5.41 Å². The molecule has 0 bridgehead atoms. The van der Waals surface area contributed by atoms with Gasteiger partial charge in [0.05, 0.1) is 12.8 Å². The molecule has 2 heterocycles. The highest BCUT2D eigenvalue weighted by Crippen LogP contribution is 2.36. The summed E-state index contributed by atoms with van der Waals surface area (Å²) in [5.41, 5.74) is 4.06. The van der Waals surface area contributed by atoms with Crippen molar-refractivity contribution in [3.05, 3.63) is 53.3 Å². The Morgan fingerprint density at radius 3 is 2.70 bits per heavy atom. The standard InChI is InChI=1S/C23H33N3O/c27-18-23(14-19-8-3-1-4-9-19)12-7-13-26(17-23)16-21-15-24-25-22(21)20-10-5-2-6-11-20/h1,3-4,8-9,15,20,27H,2,5-7,10-14,16-18H2,(H,24,25). The van der Waals surface area contributed by atoms with E-state index < -0.39 is 0 Å². The number of aliphatic hydroxyl groups excluding tert-OH is 1. The summed E-state index contributed by atoms with van der Waals surface area (Å²) in [7, 11) is 0. The molecule has 2 aliphatic rings. The molecule has 1 aromatic carbocycles. The van der Waals surface area contributed by atoms with Crippen LogP contribution in [-0.2, 0) is 13.0 Å². The molecule has 146 valence electrons. The van der Waals surface area contributed by atoms with Gasteiger partial charge in [0.25, 0.3) is 0 Å². The second kappa shape index (κ2) is 8.57. The van der Waals surface area contributed by atoms with Crippen molar-refractivity contribution in [3.8, 4) is 0 Å². The zero-order valence-electron chi connectivity index (χ0n) is 16.4. The predicted octanol–water partition coefficient (Wildman–Crippen LogP) is 4.27. The molecule has 0 amide bonds. The summed E-state index contributed by atoms with van der Waals surface area (Å²) in [4.78, 5) is 2.54. The molecular weight excluding hydrogens is 334 g/mol. The van der Waals surface area contributed by atoms with Gasteiger partial charge in [-0.05, 0) is 44.2 Å². The zero-order chi connectivity index (χ0) is 18.5. The Balaban J connectivity index is 1.45. The van der Waals surface area contributed by atoms with Gasteiger partial charge in [-0.15, -0.1) is 0 Å². The van der Waals surface area contributed by atoms with Crippen molar-refractivity contribution < 1.29 is 5.11 Å². The van der Waals surface area contributed by atoms with E-state index in [0.29, 0.717) is 5.92 Å². The van der Waals surface area contributed by atoms with E-state index >= 15 is 0 Å². The number of benzene rings is 1. The van der Waals surface area contributed by atoms with Crippen molar-refractivity contribution in [2.24, 2.45) is 5.41 Å². The van der Waals surface area contributed by atoms with Crippen LogP contribution in [-0.4, -0.2) is 39.9 Å². The molecule has 2 aromatic rings. The fraction of sp³-hybridized carbons (Fsp3) is 0.609. The van der Waals surface area contributed by atoms with Crippen LogP contribution < -0.4 is 0 Å². The molecule has 1 saturated carbocycles. The quantitative estimate of drug-likeness (QED) is 0.801. The number of rotatable bonds is 6. The third-order valence-corrected chi connectivity index (χ3v) is 6.66. The Labute approximate surface area is 163 Å². The number of aliphatic hydroxyl groups is 1. The van der Waals surface area contributed by atoms with E-state index in [9.17, 15) is 5.11 Å². The van der Waals surface area contributed by atoms with Gasteiger partial charge in [-0.1, -0.05) is 49.6 Å². The molecule has 2 fully saturated rings. The number of nitrogens with one attached hydrogen (secondary N) is 1. The number of likely N-dealkylation sites (tertiary alicyclic amines) is 1. The fourth-order valence-corrected chi connectivity index (χ4v) is 5.24. The Morgan fingerprint density at radius 1 is 1.11 bits per heavy atom. The molecule has 1 atom stereocenters. The van der Waals surface area contributed by atoms with Crippen molar-refractivity contribution in [1.82, 2.24) is 15.1 Å². The second-order valence-electron chi connectivity index (χ2n) is 8.78. The van der Waals surface area contributed by atoms with Crippen LogP contribution in [0.15, 0.2) is 36.5 Å². The van der Waals surface area contributed by atoms with Gasteiger partial charge < -0.3 is 5.11 Å². The van der Waals surface area contributed by atoms with Crippen molar-refractivity contribution in [1.29, 1.82) is 0 Å². The van der Waals surface area contributed by atoms with Crippen LogP contribution in [0.5, 0.6) is 0 Å². The van der Waals surface area contributed by atoms with E-state index in [0.717, 1.165) is 38.9 Å². The van der Waals surface area contributed by atoms with E-state index in [1.807, 2.05) is 6.20 Å². The van der Waals surface area contributed by atoms with E-state index in [-0.39, 0.29) is 12.0 Å². The maximum absolute atomic E-state index is 10.3. The molecule has 27 heavy (non-hydrogen) atoms. The largest absolute Gasteiger partial charge is 0.396 e. The molecule has 4 rings (SSSR count). The topological polar surface area (TPSA) is 52.1 Å². The normalized spacial score (nSPS) is 24.9. The average Bonchev–Trinajstić information content (AvgIpc) is 3.18. The first-order valence-corrected chi connectivity index (χ1v) is 10.7. The minimum atomic E-state index is -0.0195. The number of hydrogen-bond donors (Lipinski definition) is 2. The van der Waals surface area contributed by atoms with Gasteiger partial charge in [0.2, 0.25) is 0 Å². The Morgan fingerprint density at radius 2 is 1.93 bits per heavy atom. The average molecular weight is 368 g/mol. The highest BCUT2D eigenvalue weighted by Gasteiger charge is 2.35. The van der Waals surface area contributed by atoms with E-state index in [4.69, 9.17) is 0 Å². The summed E-state index contributed by atoms with van der Waals surface area (Å²) >= 11 is 0. The second-order valence-corrected chi connectivity index (χ2v) is 8.78. The lowest BCUT2D eigenvalue weighted by Gasteiger charge is -2.42. The highest BCUT2D eigenvalue weighted by molar-refractivity contribution is 5.22. The minimum absolute atomic E-state index is 0.0195. The lowest BCUT2D eigenvalue weighted by atomic mass is 9.75. The van der Waals surface area contributed by atoms with Gasteiger partial charge >= 0.3 is 0 Å². The van der Waals surface area contributed by atoms with Gasteiger partial charge in [-0.25, -0.2) is 0 Å². The molecular formula is C23H33N3O. The molecule has 1 aromatic heterocycles. The number of H-pyrrole nitrogens is 1. The summed E-state index contributed by atoms with van der Waals surface area (Å²) in [5, 5.41) is 18.0. The van der Waals surface area contributed by atoms with Crippen molar-refractivity contribution >= 4 is 0 Å². The van der Waals surface area contributed by atoms with Crippen LogP contribution >= 0.6 is 0 Å². The Hall–Kier alpha value is -1.65. The molecule has 0 spiro atoms. The molecule has 4 heteroatoms. The number of aromatic nitrogens is 2. The van der Waals surface area contributed by atoms with Crippen molar-refractivity contribution in [3.63, 3.8) is 0 Å². The number of aromatic amines is 1. The lowest BCUT2D eigenvalue weighted by molar-refractivity contribution is 0.0287. The summed E-state index contributed by atoms with van der Waals surface area (Å²) in [6.07, 6.45) is 11.9. The number of piperidine rings is 1. The van der Waals surface area contributed by atoms with Crippen molar-refractivity contribution in [2.75, 3.05) is 19.7 Å². The third-order valence-electron chi connectivity index (χ3n) is 6.66. The maximum atomic E-state index is 10.3. The summed E-state index contributed by atoms with van der Waals surface area (Å²) in [6, 6.07) is 10.6. The SMILES string of the molecule is OCC1(Cc2ccccc2)CCCN(Cc2cn[nH]c2C2CCCCC2)C1. The number of nitrogens with zero attached hydrogens (tertiary/aromatic N) is 2. The lowest BCUT2D eigenvalue weighted by Crippen LogP contribution is -2.46. The van der Waals surface area contributed by atoms with Crippen molar-refractivity contribution in [2.45, 2.75) is 63.8 Å². The van der Waals surface area contributed by atoms with E-state index in [2.05, 4.69) is 45.4 Å². The van der Waals surface area contributed by atoms with Gasteiger partial charge in [-0.3, -0.25) is 10.00 Å². The number of hydrogen-bond acceptors (Lipinski definition) is 3. The van der Waals surface area contributed by atoms with Gasteiger partial charge in [0.15, 0.2) is 0 Å². The van der Waals surface area contributed by atoms with Crippen LogP contribution in [0.25, 0.3) is 0 Å². The van der Waals surface area contributed by atoms with Gasteiger partial charge in [0.1, 0.15) is 0 Å². The first-order valence-electron chi connectivity index (χ1n) is 10.7. The van der Waals surface area contributed by atoms with E-state index in [1.54, 1.807) is 0 Å². The Kier molecular flexibility index (Phi) is 5.94. The van der Waals surface area contributed by atoms with Gasteiger partial charge in [-0.2, -0.15) is 5.10 Å². The molecule has 2 N–H and O–H groups in total. The molecule has 0 radical (unpaired) electrons. The first kappa shape index (κ1) is 18.7. The van der Waals surface area contributed by atoms with Crippen LogP contribution in [0.3, 0.4) is 0 Å².